The minimum Gasteiger partial charge on any atom is -0.508 e. The summed E-state index contributed by atoms with van der Waals surface area (Å²) in [5.41, 5.74) is 2.43. The molecule has 0 bridgehead atoms. The van der Waals surface area contributed by atoms with E-state index >= 15 is 0 Å². The van der Waals surface area contributed by atoms with Crippen molar-refractivity contribution in [1.82, 2.24) is 0 Å². The molecule has 0 amide bonds. The second kappa shape index (κ2) is 8.68. The maximum atomic E-state index is 12.5. The Morgan fingerprint density at radius 1 is 1.00 bits per heavy atom. The fourth-order valence-electron chi connectivity index (χ4n) is 3.44. The largest absolute Gasteiger partial charge is 0.508 e. The molecule has 0 spiro atoms. The summed E-state index contributed by atoms with van der Waals surface area (Å²) in [6.07, 6.45) is 5.05. The molecule has 0 aliphatic rings. The van der Waals surface area contributed by atoms with E-state index in [9.17, 15) is 9.90 Å². The molecule has 2 rings (SSSR count). The standard InChI is InChI=1S/C22H28O2/c1-3-15-22(2,16-19-7-5-4-6-8-19)17-21(24)14-11-18-9-12-20(23)13-10-18/h4-10,12-13,23H,3,11,14-17H2,1-2H3. The molecule has 1 unspecified atom stereocenters. The lowest BCUT2D eigenvalue weighted by atomic mass is 9.75. The van der Waals surface area contributed by atoms with Crippen LogP contribution in [0, 0.1) is 5.41 Å². The van der Waals surface area contributed by atoms with Crippen molar-refractivity contribution >= 4 is 5.78 Å². The normalized spacial score (nSPS) is 13.4. The summed E-state index contributed by atoms with van der Waals surface area (Å²) in [4.78, 5) is 12.5. The molecule has 0 heterocycles. The quantitative estimate of drug-likeness (QED) is 0.676. The van der Waals surface area contributed by atoms with Crippen LogP contribution in [0.5, 0.6) is 5.75 Å². The molecule has 0 fully saturated rings. The number of carbonyl (C=O) groups is 1. The van der Waals surface area contributed by atoms with Gasteiger partial charge in [0.1, 0.15) is 11.5 Å². The number of Topliss-reactive ketones (excluding diaryl/α,β-unsaturated/α-hetero) is 1. The van der Waals surface area contributed by atoms with Gasteiger partial charge in [0.15, 0.2) is 0 Å². The number of hydrogen-bond donors (Lipinski definition) is 1. The van der Waals surface area contributed by atoms with E-state index in [1.165, 1.54) is 5.56 Å². The average molecular weight is 324 g/mol. The third-order valence-corrected chi connectivity index (χ3v) is 4.58. The smallest absolute Gasteiger partial charge is 0.133 e. The van der Waals surface area contributed by atoms with E-state index in [4.69, 9.17) is 0 Å². The predicted octanol–water partition coefficient (Wildman–Crippen LogP) is 5.33. The zero-order valence-electron chi connectivity index (χ0n) is 14.8. The van der Waals surface area contributed by atoms with Crippen molar-refractivity contribution < 1.29 is 9.90 Å². The molecule has 2 heteroatoms. The third-order valence-electron chi connectivity index (χ3n) is 4.58. The molecule has 0 saturated carbocycles. The highest BCUT2D eigenvalue weighted by Crippen LogP contribution is 2.33. The first kappa shape index (κ1) is 18.3. The van der Waals surface area contributed by atoms with E-state index in [1.54, 1.807) is 12.1 Å². The molecule has 2 nitrogen and oxygen atoms in total. The van der Waals surface area contributed by atoms with Crippen LogP contribution in [-0.2, 0) is 17.6 Å². The molecule has 0 saturated heterocycles. The van der Waals surface area contributed by atoms with Crippen molar-refractivity contribution in [3.05, 3.63) is 65.7 Å². The molecular formula is C22H28O2. The predicted molar refractivity (Wildman–Crippen MR) is 99.2 cm³/mol. The molecule has 1 atom stereocenters. The summed E-state index contributed by atoms with van der Waals surface area (Å²) in [6, 6.07) is 17.6. The average Bonchev–Trinajstić information content (AvgIpc) is 2.55. The molecule has 0 aliphatic carbocycles. The van der Waals surface area contributed by atoms with Crippen LogP contribution in [0.1, 0.15) is 50.7 Å². The van der Waals surface area contributed by atoms with Crippen LogP contribution in [-0.4, -0.2) is 10.9 Å². The number of aromatic hydroxyl groups is 1. The summed E-state index contributed by atoms with van der Waals surface area (Å²) in [7, 11) is 0. The number of carbonyl (C=O) groups excluding carboxylic acids is 1. The zero-order valence-corrected chi connectivity index (χ0v) is 14.8. The van der Waals surface area contributed by atoms with E-state index in [2.05, 4.69) is 38.1 Å². The summed E-state index contributed by atoms with van der Waals surface area (Å²) in [5.74, 6) is 0.596. The second-order valence-electron chi connectivity index (χ2n) is 7.10. The van der Waals surface area contributed by atoms with Gasteiger partial charge >= 0.3 is 0 Å². The summed E-state index contributed by atoms with van der Waals surface area (Å²) in [6.45, 7) is 4.42. The van der Waals surface area contributed by atoms with Crippen LogP contribution in [0.2, 0.25) is 0 Å². The molecule has 2 aromatic carbocycles. The number of benzene rings is 2. The molecule has 1 N–H and O–H groups in total. The Morgan fingerprint density at radius 2 is 1.67 bits per heavy atom. The first-order valence-corrected chi connectivity index (χ1v) is 8.84. The summed E-state index contributed by atoms with van der Waals surface area (Å²) in [5, 5.41) is 9.32. The van der Waals surface area contributed by atoms with Crippen LogP contribution in [0.25, 0.3) is 0 Å². The molecule has 0 aromatic heterocycles. The Morgan fingerprint density at radius 3 is 2.29 bits per heavy atom. The van der Waals surface area contributed by atoms with Crippen molar-refractivity contribution in [3.8, 4) is 5.75 Å². The van der Waals surface area contributed by atoms with Gasteiger partial charge in [-0.25, -0.2) is 0 Å². The number of ketones is 1. The Kier molecular flexibility index (Phi) is 6.60. The monoisotopic (exact) mass is 324 g/mol. The molecule has 24 heavy (non-hydrogen) atoms. The Bertz CT molecular complexity index is 631. The van der Waals surface area contributed by atoms with Crippen LogP contribution in [0.15, 0.2) is 54.6 Å². The van der Waals surface area contributed by atoms with Gasteiger partial charge in [0, 0.05) is 12.8 Å². The van der Waals surface area contributed by atoms with E-state index < -0.39 is 0 Å². The van der Waals surface area contributed by atoms with E-state index in [0.29, 0.717) is 18.6 Å². The number of phenolic OH excluding ortho intramolecular Hbond substituents is 1. The van der Waals surface area contributed by atoms with Gasteiger partial charge in [0.25, 0.3) is 0 Å². The SMILES string of the molecule is CCCC(C)(CC(=O)CCc1ccc(O)cc1)Cc1ccccc1. The third kappa shape index (κ3) is 5.84. The van der Waals surface area contributed by atoms with Gasteiger partial charge in [0.2, 0.25) is 0 Å². The maximum absolute atomic E-state index is 12.5. The van der Waals surface area contributed by atoms with Crippen LogP contribution in [0.3, 0.4) is 0 Å². The molecule has 128 valence electrons. The van der Waals surface area contributed by atoms with Gasteiger partial charge in [-0.1, -0.05) is 62.7 Å². The van der Waals surface area contributed by atoms with E-state index in [-0.39, 0.29) is 11.2 Å². The van der Waals surface area contributed by atoms with Gasteiger partial charge in [-0.05, 0) is 47.9 Å². The summed E-state index contributed by atoms with van der Waals surface area (Å²) >= 11 is 0. The minimum atomic E-state index is 0.0299. The minimum absolute atomic E-state index is 0.0299. The van der Waals surface area contributed by atoms with Gasteiger partial charge < -0.3 is 5.11 Å². The van der Waals surface area contributed by atoms with Gasteiger partial charge in [-0.2, -0.15) is 0 Å². The van der Waals surface area contributed by atoms with Crippen LogP contribution < -0.4 is 0 Å². The van der Waals surface area contributed by atoms with Gasteiger partial charge in [0.05, 0.1) is 0 Å². The molecule has 0 radical (unpaired) electrons. The lowest BCUT2D eigenvalue weighted by Crippen LogP contribution is -2.24. The fourth-order valence-corrected chi connectivity index (χ4v) is 3.44. The van der Waals surface area contributed by atoms with Crippen molar-refractivity contribution in [3.63, 3.8) is 0 Å². The van der Waals surface area contributed by atoms with Crippen molar-refractivity contribution in [1.29, 1.82) is 0 Å². The lowest BCUT2D eigenvalue weighted by molar-refractivity contribution is -0.121. The highest BCUT2D eigenvalue weighted by atomic mass is 16.3. The Hall–Kier alpha value is -2.09. The Labute approximate surface area is 145 Å². The zero-order chi connectivity index (χ0) is 17.4. The number of phenols is 1. The topological polar surface area (TPSA) is 37.3 Å². The highest BCUT2D eigenvalue weighted by Gasteiger charge is 2.26. The first-order valence-electron chi connectivity index (χ1n) is 8.84. The van der Waals surface area contributed by atoms with E-state index in [1.807, 2.05) is 18.2 Å². The maximum Gasteiger partial charge on any atom is 0.133 e. The van der Waals surface area contributed by atoms with Crippen molar-refractivity contribution in [2.24, 2.45) is 5.41 Å². The van der Waals surface area contributed by atoms with Gasteiger partial charge in [-0.15, -0.1) is 0 Å². The fraction of sp³-hybridized carbons (Fsp3) is 0.409. The van der Waals surface area contributed by atoms with Crippen molar-refractivity contribution in [2.75, 3.05) is 0 Å². The van der Waals surface area contributed by atoms with Crippen molar-refractivity contribution in [2.45, 2.75) is 52.4 Å². The second-order valence-corrected chi connectivity index (χ2v) is 7.10. The summed E-state index contributed by atoms with van der Waals surface area (Å²) < 4.78 is 0. The number of rotatable bonds is 9. The Balaban J connectivity index is 1.93. The number of aryl methyl sites for hydroxylation is 1. The highest BCUT2D eigenvalue weighted by molar-refractivity contribution is 5.79. The molecule has 0 aliphatic heterocycles. The molecular weight excluding hydrogens is 296 g/mol. The van der Waals surface area contributed by atoms with Crippen LogP contribution in [0.4, 0.5) is 0 Å². The molecule has 2 aromatic rings. The lowest BCUT2D eigenvalue weighted by Gasteiger charge is -2.29. The van der Waals surface area contributed by atoms with Gasteiger partial charge in [-0.3, -0.25) is 4.79 Å². The first-order chi connectivity index (χ1) is 11.5. The van der Waals surface area contributed by atoms with E-state index in [0.717, 1.165) is 31.2 Å². The van der Waals surface area contributed by atoms with Crippen LogP contribution >= 0.6 is 0 Å². The number of hydrogen-bond acceptors (Lipinski definition) is 2.